The van der Waals surface area contributed by atoms with Crippen molar-refractivity contribution in [2.45, 2.75) is 32.2 Å². The third-order valence-electron chi connectivity index (χ3n) is 5.42. The summed E-state index contributed by atoms with van der Waals surface area (Å²) in [6.45, 7) is 2.82. The summed E-state index contributed by atoms with van der Waals surface area (Å²) in [5.41, 5.74) is 2.11. The number of hydrogen-bond acceptors (Lipinski definition) is 10. The molecular weight excluding hydrogens is 446 g/mol. The zero-order valence-corrected chi connectivity index (χ0v) is 18.9. The van der Waals surface area contributed by atoms with Crippen LogP contribution in [-0.4, -0.2) is 48.9 Å². The maximum absolute atomic E-state index is 6.33. The molecule has 1 aliphatic heterocycles. The Labute approximate surface area is 194 Å². The Morgan fingerprint density at radius 3 is 2.91 bits per heavy atom. The summed E-state index contributed by atoms with van der Waals surface area (Å²) in [4.78, 5) is 19.7. The molecule has 5 rings (SSSR count). The van der Waals surface area contributed by atoms with Gasteiger partial charge in [0, 0.05) is 42.8 Å². The molecule has 0 unspecified atom stereocenters. The number of hydrogen-bond donors (Lipinski definition) is 2. The molecule has 1 aliphatic rings. The molecule has 1 atom stereocenters. The first-order chi connectivity index (χ1) is 16.1. The highest BCUT2D eigenvalue weighted by molar-refractivity contribution is 6.29. The van der Waals surface area contributed by atoms with E-state index in [0.29, 0.717) is 45.8 Å². The maximum Gasteiger partial charge on any atom is 0.242 e. The zero-order chi connectivity index (χ0) is 22.8. The normalized spacial score (nSPS) is 15.7. The van der Waals surface area contributed by atoms with Crippen LogP contribution in [0.3, 0.4) is 0 Å². The van der Waals surface area contributed by atoms with Crippen LogP contribution in [0.4, 0.5) is 17.6 Å². The number of anilines is 3. The van der Waals surface area contributed by atoms with E-state index in [1.54, 1.807) is 25.6 Å². The van der Waals surface area contributed by atoms with Gasteiger partial charge in [-0.05, 0) is 19.3 Å². The van der Waals surface area contributed by atoms with Gasteiger partial charge in [0.25, 0.3) is 0 Å². The number of methoxy groups -OCH3 is 1. The number of nitrogens with zero attached hydrogens (tertiary/aromatic N) is 7. The molecule has 0 spiro atoms. The summed E-state index contributed by atoms with van der Waals surface area (Å²) in [5, 5.41) is 14.9. The predicted octanol–water partition coefficient (Wildman–Crippen LogP) is 3.95. The largest absolute Gasteiger partial charge is 0.479 e. The van der Waals surface area contributed by atoms with Gasteiger partial charge in [0.1, 0.15) is 16.7 Å². The number of ether oxygens (including phenoxy) is 1. The first-order valence-electron chi connectivity index (χ1n) is 10.6. The molecular formula is C21H22ClN9O2. The SMILES string of the molecule is CCc1cc(Nc2cc(Cl)nc(N3CCC[C@H]3c3cc(-c4nccnc4OC)no3)n2)n[nH]1. The van der Waals surface area contributed by atoms with E-state index in [1.165, 1.54) is 0 Å². The number of aryl methyl sites for hydroxylation is 1. The van der Waals surface area contributed by atoms with E-state index in [0.717, 1.165) is 31.5 Å². The Morgan fingerprint density at radius 2 is 2.09 bits per heavy atom. The van der Waals surface area contributed by atoms with Crippen LogP contribution in [0.25, 0.3) is 11.4 Å². The van der Waals surface area contributed by atoms with Crippen molar-refractivity contribution in [1.29, 1.82) is 0 Å². The van der Waals surface area contributed by atoms with Crippen molar-refractivity contribution in [3.05, 3.63) is 47.2 Å². The molecule has 12 heteroatoms. The Kier molecular flexibility index (Phi) is 5.78. The van der Waals surface area contributed by atoms with Gasteiger partial charge in [-0.15, -0.1) is 0 Å². The summed E-state index contributed by atoms with van der Waals surface area (Å²) in [6, 6.07) is 5.38. The number of rotatable bonds is 7. The molecule has 170 valence electrons. The van der Waals surface area contributed by atoms with Gasteiger partial charge in [-0.25, -0.2) is 15.0 Å². The molecule has 0 aliphatic carbocycles. The van der Waals surface area contributed by atoms with Gasteiger partial charge in [-0.1, -0.05) is 23.7 Å². The molecule has 0 bridgehead atoms. The molecule has 33 heavy (non-hydrogen) atoms. The lowest BCUT2D eigenvalue weighted by Crippen LogP contribution is -2.24. The quantitative estimate of drug-likeness (QED) is 0.385. The van der Waals surface area contributed by atoms with Crippen molar-refractivity contribution in [2.75, 3.05) is 23.9 Å². The van der Waals surface area contributed by atoms with Gasteiger partial charge >= 0.3 is 0 Å². The van der Waals surface area contributed by atoms with Crippen molar-refractivity contribution in [1.82, 2.24) is 35.3 Å². The highest BCUT2D eigenvalue weighted by atomic mass is 35.5. The van der Waals surface area contributed by atoms with Gasteiger partial charge < -0.3 is 19.5 Å². The van der Waals surface area contributed by atoms with Crippen LogP contribution in [0.1, 0.15) is 37.3 Å². The van der Waals surface area contributed by atoms with Crippen LogP contribution >= 0.6 is 11.6 Å². The molecule has 4 aromatic rings. The van der Waals surface area contributed by atoms with Crippen LogP contribution in [0.2, 0.25) is 5.15 Å². The number of halogens is 1. The summed E-state index contributed by atoms with van der Waals surface area (Å²) in [7, 11) is 1.54. The minimum Gasteiger partial charge on any atom is -0.479 e. The molecule has 2 N–H and O–H groups in total. The maximum atomic E-state index is 6.33. The summed E-state index contributed by atoms with van der Waals surface area (Å²) >= 11 is 6.33. The fourth-order valence-corrected chi connectivity index (χ4v) is 4.03. The Hall–Kier alpha value is -3.73. The number of aromatic nitrogens is 7. The molecule has 1 saturated heterocycles. The smallest absolute Gasteiger partial charge is 0.242 e. The van der Waals surface area contributed by atoms with E-state index in [1.807, 2.05) is 12.1 Å². The van der Waals surface area contributed by atoms with Gasteiger partial charge in [-0.3, -0.25) is 5.10 Å². The number of aromatic amines is 1. The Morgan fingerprint density at radius 1 is 1.21 bits per heavy atom. The van der Waals surface area contributed by atoms with E-state index >= 15 is 0 Å². The van der Waals surface area contributed by atoms with E-state index in [2.05, 4.69) is 52.4 Å². The van der Waals surface area contributed by atoms with Crippen LogP contribution in [0, 0.1) is 0 Å². The van der Waals surface area contributed by atoms with Crippen molar-refractivity contribution < 1.29 is 9.26 Å². The zero-order valence-electron chi connectivity index (χ0n) is 18.1. The Balaban J connectivity index is 1.41. The van der Waals surface area contributed by atoms with Gasteiger partial charge in [-0.2, -0.15) is 10.1 Å². The lowest BCUT2D eigenvalue weighted by Gasteiger charge is -2.23. The first kappa shape index (κ1) is 21.1. The van der Waals surface area contributed by atoms with Crippen molar-refractivity contribution in [3.63, 3.8) is 0 Å². The van der Waals surface area contributed by atoms with E-state index in [-0.39, 0.29) is 6.04 Å². The summed E-state index contributed by atoms with van der Waals surface area (Å²) < 4.78 is 11.0. The van der Waals surface area contributed by atoms with Crippen LogP contribution < -0.4 is 15.0 Å². The minimum absolute atomic E-state index is 0.0858. The van der Waals surface area contributed by atoms with E-state index in [4.69, 9.17) is 20.9 Å². The molecule has 0 radical (unpaired) electrons. The molecule has 5 heterocycles. The molecule has 0 saturated carbocycles. The lowest BCUT2D eigenvalue weighted by molar-refractivity contribution is 0.361. The highest BCUT2D eigenvalue weighted by Gasteiger charge is 2.32. The van der Waals surface area contributed by atoms with Gasteiger partial charge in [0.15, 0.2) is 17.3 Å². The summed E-state index contributed by atoms with van der Waals surface area (Å²) in [5.74, 6) is 2.82. The fourth-order valence-electron chi connectivity index (χ4n) is 3.85. The topological polar surface area (TPSA) is 131 Å². The third kappa shape index (κ3) is 4.31. The highest BCUT2D eigenvalue weighted by Crippen LogP contribution is 2.37. The van der Waals surface area contributed by atoms with Crippen molar-refractivity contribution in [3.8, 4) is 17.3 Å². The number of nitrogens with one attached hydrogen (secondary N) is 2. The second-order valence-electron chi connectivity index (χ2n) is 7.51. The van der Waals surface area contributed by atoms with E-state index < -0.39 is 0 Å². The van der Waals surface area contributed by atoms with Crippen molar-refractivity contribution >= 4 is 29.2 Å². The van der Waals surface area contributed by atoms with Crippen LogP contribution in [0.15, 0.2) is 35.1 Å². The molecule has 0 amide bonds. The van der Waals surface area contributed by atoms with Crippen LogP contribution in [0.5, 0.6) is 5.88 Å². The molecule has 4 aromatic heterocycles. The van der Waals surface area contributed by atoms with Gasteiger partial charge in [0.2, 0.25) is 11.8 Å². The second kappa shape index (κ2) is 9.02. The molecule has 0 aromatic carbocycles. The monoisotopic (exact) mass is 467 g/mol. The first-order valence-corrected chi connectivity index (χ1v) is 11.0. The average Bonchev–Trinajstić information content (AvgIpc) is 3.58. The second-order valence-corrected chi connectivity index (χ2v) is 7.90. The minimum atomic E-state index is -0.0858. The molecule has 1 fully saturated rings. The van der Waals surface area contributed by atoms with Crippen LogP contribution in [-0.2, 0) is 6.42 Å². The van der Waals surface area contributed by atoms with Gasteiger partial charge in [0.05, 0.1) is 13.2 Å². The molecule has 11 nitrogen and oxygen atoms in total. The predicted molar refractivity (Wildman–Crippen MR) is 122 cm³/mol. The lowest BCUT2D eigenvalue weighted by atomic mass is 10.1. The Bertz CT molecular complexity index is 1260. The van der Waals surface area contributed by atoms with E-state index in [9.17, 15) is 0 Å². The average molecular weight is 468 g/mol. The standard InChI is InChI=1S/C21H22ClN9O2/c1-3-12-9-18(29-28-12)26-17-11-16(22)25-21(27-17)31-8-4-5-14(31)15-10-13(30-33-15)19-20(32-2)24-7-6-23-19/h6-7,9-11,14H,3-5,8H2,1-2H3,(H2,25,26,27,28,29)/t14-/m0/s1. The fraction of sp³-hybridized carbons (Fsp3) is 0.333. The number of H-pyrrole nitrogens is 1. The third-order valence-corrected chi connectivity index (χ3v) is 5.61. The summed E-state index contributed by atoms with van der Waals surface area (Å²) in [6.07, 6.45) is 5.83. The van der Waals surface area contributed by atoms with Crippen molar-refractivity contribution in [2.24, 2.45) is 0 Å².